The van der Waals surface area contributed by atoms with E-state index in [2.05, 4.69) is 5.32 Å². The zero-order valence-corrected chi connectivity index (χ0v) is 12.5. The molecule has 0 unspecified atom stereocenters. The third-order valence-electron chi connectivity index (χ3n) is 2.36. The molecule has 120 valence electrons. The first-order valence-corrected chi connectivity index (χ1v) is 6.40. The fraction of sp³-hybridized carbons (Fsp3) is 0.214. The van der Waals surface area contributed by atoms with Crippen LogP contribution in [0.4, 0.5) is 18.9 Å². The number of alkyl halides is 3. The summed E-state index contributed by atoms with van der Waals surface area (Å²) >= 11 is 5.76. The number of ketones is 1. The Bertz CT molecular complexity index is 611. The van der Waals surface area contributed by atoms with E-state index in [0.29, 0.717) is 6.08 Å². The van der Waals surface area contributed by atoms with Gasteiger partial charge in [-0.2, -0.15) is 13.2 Å². The van der Waals surface area contributed by atoms with Crippen molar-refractivity contribution in [3.8, 4) is 5.75 Å². The highest BCUT2D eigenvalue weighted by molar-refractivity contribution is 6.30. The van der Waals surface area contributed by atoms with Crippen LogP contribution < -0.4 is 5.32 Å². The number of nitrogens with zero attached hydrogens (tertiary/aromatic N) is 1. The van der Waals surface area contributed by atoms with E-state index in [1.807, 2.05) is 0 Å². The molecule has 8 heteroatoms. The van der Waals surface area contributed by atoms with Gasteiger partial charge in [-0.1, -0.05) is 11.6 Å². The van der Waals surface area contributed by atoms with Crippen LogP contribution in [0.15, 0.2) is 42.2 Å². The van der Waals surface area contributed by atoms with Crippen molar-refractivity contribution in [2.75, 3.05) is 19.4 Å². The van der Waals surface area contributed by atoms with Gasteiger partial charge in [0.1, 0.15) is 5.75 Å². The van der Waals surface area contributed by atoms with Crippen LogP contribution in [0, 0.1) is 0 Å². The summed E-state index contributed by atoms with van der Waals surface area (Å²) in [6.45, 7) is 0. The van der Waals surface area contributed by atoms with E-state index in [1.54, 1.807) is 19.0 Å². The maximum atomic E-state index is 12.4. The minimum Gasteiger partial charge on any atom is -0.506 e. The van der Waals surface area contributed by atoms with Crippen molar-refractivity contribution in [1.29, 1.82) is 0 Å². The van der Waals surface area contributed by atoms with E-state index in [-0.39, 0.29) is 22.2 Å². The van der Waals surface area contributed by atoms with Crippen molar-refractivity contribution < 1.29 is 23.1 Å². The average Bonchev–Trinajstić information content (AvgIpc) is 2.38. The number of allylic oxidation sites excluding steroid dienone is 2. The third-order valence-corrected chi connectivity index (χ3v) is 2.59. The van der Waals surface area contributed by atoms with E-state index in [1.165, 1.54) is 30.5 Å². The maximum Gasteiger partial charge on any atom is 0.454 e. The first kappa shape index (κ1) is 17.9. The second kappa shape index (κ2) is 7.22. The summed E-state index contributed by atoms with van der Waals surface area (Å²) in [5.74, 6) is -2.23. The van der Waals surface area contributed by atoms with E-state index in [4.69, 9.17) is 11.6 Å². The van der Waals surface area contributed by atoms with Gasteiger partial charge in [0, 0.05) is 37.1 Å². The number of hydrogen-bond donors (Lipinski definition) is 2. The van der Waals surface area contributed by atoms with Crippen molar-refractivity contribution in [3.63, 3.8) is 0 Å². The number of carbonyl (C=O) groups excluding carboxylic acids is 1. The molecule has 0 atom stereocenters. The topological polar surface area (TPSA) is 52.6 Å². The fourth-order valence-electron chi connectivity index (χ4n) is 1.34. The number of aromatic hydroxyl groups is 1. The van der Waals surface area contributed by atoms with Gasteiger partial charge in [0.15, 0.2) is 0 Å². The summed E-state index contributed by atoms with van der Waals surface area (Å²) in [6, 6.07) is 4.03. The summed E-state index contributed by atoms with van der Waals surface area (Å²) in [4.78, 5) is 12.7. The molecule has 0 heterocycles. The molecule has 0 aliphatic rings. The summed E-state index contributed by atoms with van der Waals surface area (Å²) in [5, 5.41) is 12.5. The smallest absolute Gasteiger partial charge is 0.454 e. The Hall–Kier alpha value is -2.15. The number of hydrogen-bond acceptors (Lipinski definition) is 4. The molecule has 0 spiro atoms. The van der Waals surface area contributed by atoms with Crippen molar-refractivity contribution in [1.82, 2.24) is 4.90 Å². The summed E-state index contributed by atoms with van der Waals surface area (Å²) in [5.41, 5.74) is -0.0641. The van der Waals surface area contributed by atoms with Gasteiger partial charge in [0.2, 0.25) is 0 Å². The molecular formula is C14H14ClF3N2O2. The quantitative estimate of drug-likeness (QED) is 0.491. The van der Waals surface area contributed by atoms with E-state index in [0.717, 1.165) is 0 Å². The Labute approximate surface area is 130 Å². The minimum atomic E-state index is -4.98. The summed E-state index contributed by atoms with van der Waals surface area (Å²) < 4.78 is 37.1. The average molecular weight is 335 g/mol. The molecule has 0 aliphatic carbocycles. The van der Waals surface area contributed by atoms with Gasteiger partial charge >= 0.3 is 6.18 Å². The SMILES string of the molecule is CN(C)/C=C/C(=C/C(=O)C(F)(F)F)Nc1cc(Cl)ccc1O. The number of rotatable bonds is 5. The highest BCUT2D eigenvalue weighted by Gasteiger charge is 2.36. The largest absolute Gasteiger partial charge is 0.506 e. The second-order valence-electron chi connectivity index (χ2n) is 4.53. The molecule has 22 heavy (non-hydrogen) atoms. The van der Waals surface area contributed by atoms with Gasteiger partial charge in [0.25, 0.3) is 5.78 Å². The molecule has 1 aromatic rings. The fourth-order valence-corrected chi connectivity index (χ4v) is 1.51. The highest BCUT2D eigenvalue weighted by Crippen LogP contribution is 2.28. The van der Waals surface area contributed by atoms with Crippen LogP contribution in [0.5, 0.6) is 5.75 Å². The molecule has 0 aromatic heterocycles. The predicted octanol–water partition coefficient (Wildman–Crippen LogP) is 3.55. The molecule has 0 saturated carbocycles. The van der Waals surface area contributed by atoms with Gasteiger partial charge in [-0.05, 0) is 24.3 Å². The number of phenolic OH excluding ortho intramolecular Hbond substituents is 1. The van der Waals surface area contributed by atoms with Crippen LogP contribution in [0.2, 0.25) is 5.02 Å². The molecular weight excluding hydrogens is 321 g/mol. The number of carbonyl (C=O) groups is 1. The lowest BCUT2D eigenvalue weighted by atomic mass is 10.2. The molecule has 0 radical (unpaired) electrons. The zero-order valence-electron chi connectivity index (χ0n) is 11.8. The van der Waals surface area contributed by atoms with Crippen LogP contribution in [-0.2, 0) is 4.79 Å². The van der Waals surface area contributed by atoms with Crippen molar-refractivity contribution >= 4 is 23.1 Å². The predicted molar refractivity (Wildman–Crippen MR) is 78.7 cm³/mol. The summed E-state index contributed by atoms with van der Waals surface area (Å²) in [7, 11) is 3.33. The molecule has 1 aromatic carbocycles. The number of anilines is 1. The van der Waals surface area contributed by atoms with E-state index < -0.39 is 12.0 Å². The lowest BCUT2D eigenvalue weighted by Gasteiger charge is -2.12. The Morgan fingerprint density at radius 3 is 2.55 bits per heavy atom. The highest BCUT2D eigenvalue weighted by atomic mass is 35.5. The number of halogens is 4. The van der Waals surface area contributed by atoms with Crippen molar-refractivity contribution in [2.24, 2.45) is 0 Å². The molecule has 0 amide bonds. The van der Waals surface area contributed by atoms with Crippen LogP contribution in [0.3, 0.4) is 0 Å². The molecule has 2 N–H and O–H groups in total. The summed E-state index contributed by atoms with van der Waals surface area (Å²) in [6.07, 6.45) is -1.86. The van der Waals surface area contributed by atoms with Gasteiger partial charge in [-0.15, -0.1) is 0 Å². The van der Waals surface area contributed by atoms with Gasteiger partial charge in [0.05, 0.1) is 5.69 Å². The van der Waals surface area contributed by atoms with Gasteiger partial charge in [-0.3, -0.25) is 4.79 Å². The Balaban J connectivity index is 3.13. The number of phenols is 1. The monoisotopic (exact) mass is 334 g/mol. The number of nitrogens with one attached hydrogen (secondary N) is 1. The van der Waals surface area contributed by atoms with E-state index in [9.17, 15) is 23.1 Å². The van der Waals surface area contributed by atoms with Gasteiger partial charge in [-0.25, -0.2) is 0 Å². The van der Waals surface area contributed by atoms with Crippen molar-refractivity contribution in [3.05, 3.63) is 47.3 Å². The molecule has 4 nitrogen and oxygen atoms in total. The van der Waals surface area contributed by atoms with Crippen LogP contribution in [-0.4, -0.2) is 36.1 Å². The van der Waals surface area contributed by atoms with Crippen molar-refractivity contribution in [2.45, 2.75) is 6.18 Å². The molecule has 0 bridgehead atoms. The third kappa shape index (κ3) is 5.69. The van der Waals surface area contributed by atoms with Crippen LogP contribution >= 0.6 is 11.6 Å². The number of benzene rings is 1. The lowest BCUT2D eigenvalue weighted by Crippen LogP contribution is -2.21. The van der Waals surface area contributed by atoms with Crippen LogP contribution in [0.1, 0.15) is 0 Å². The maximum absolute atomic E-state index is 12.4. The molecule has 0 saturated heterocycles. The molecule has 1 rings (SSSR count). The Kier molecular flexibility index (Phi) is 5.87. The van der Waals surface area contributed by atoms with E-state index >= 15 is 0 Å². The first-order chi connectivity index (χ1) is 10.1. The normalized spacial score (nSPS) is 12.5. The molecule has 0 fully saturated rings. The van der Waals surface area contributed by atoms with Gasteiger partial charge < -0.3 is 15.3 Å². The zero-order chi connectivity index (χ0) is 16.9. The second-order valence-corrected chi connectivity index (χ2v) is 4.96. The molecule has 0 aliphatic heterocycles. The Morgan fingerprint density at radius 2 is 2.00 bits per heavy atom. The minimum absolute atomic E-state index is 0.0807. The standard InChI is InChI=1S/C14H14ClF3N2O2/c1-20(2)6-5-10(8-13(22)14(16,17)18)19-11-7-9(15)3-4-12(11)21/h3-8,19,21H,1-2H3/b6-5+,10-8-. The lowest BCUT2D eigenvalue weighted by molar-refractivity contribution is -0.165. The van der Waals surface area contributed by atoms with Crippen LogP contribution in [0.25, 0.3) is 0 Å². The first-order valence-electron chi connectivity index (χ1n) is 6.02. The Morgan fingerprint density at radius 1 is 1.36 bits per heavy atom.